The van der Waals surface area contributed by atoms with Crippen LogP contribution >= 0.6 is 46.6 Å². The number of carbonyl (C=O) groups is 2. The molecule has 2 rings (SSSR count). The molecule has 0 spiro atoms. The third-order valence-corrected chi connectivity index (χ3v) is 5.12. The maximum Gasteiger partial charge on any atom is 0.327 e. The summed E-state index contributed by atoms with van der Waals surface area (Å²) in [5.41, 5.74) is 0.449. The molecule has 138 valence electrons. The van der Waals surface area contributed by atoms with Gasteiger partial charge in [-0.15, -0.1) is 0 Å². The standard InChI is InChI=1S/C16H11Cl3F2N2O2S/c17-12-4-2-1-3-11(12)13(24)23-15(25)22-9-5-7-10(8-6-9)26-16(20,21)14(18)19/h1-8,14H,(H2,22,23,24,25). The number of hydrogen-bond donors (Lipinski definition) is 2. The van der Waals surface area contributed by atoms with Crippen molar-refractivity contribution in [1.29, 1.82) is 0 Å². The zero-order chi connectivity index (χ0) is 19.3. The van der Waals surface area contributed by atoms with Crippen molar-refractivity contribution in [3.05, 3.63) is 59.1 Å². The van der Waals surface area contributed by atoms with Gasteiger partial charge in [0, 0.05) is 10.6 Å². The van der Waals surface area contributed by atoms with Gasteiger partial charge in [-0.25, -0.2) is 4.79 Å². The molecule has 26 heavy (non-hydrogen) atoms. The van der Waals surface area contributed by atoms with Gasteiger partial charge >= 0.3 is 11.3 Å². The van der Waals surface area contributed by atoms with Crippen LogP contribution in [-0.4, -0.2) is 22.0 Å². The molecule has 0 aromatic heterocycles. The number of carbonyl (C=O) groups excluding carboxylic acids is 2. The van der Waals surface area contributed by atoms with Gasteiger partial charge in [-0.2, -0.15) is 8.78 Å². The van der Waals surface area contributed by atoms with Crippen molar-refractivity contribution in [2.45, 2.75) is 15.0 Å². The average Bonchev–Trinajstić information content (AvgIpc) is 2.56. The highest BCUT2D eigenvalue weighted by Gasteiger charge is 2.38. The van der Waals surface area contributed by atoms with Gasteiger partial charge in [-0.05, 0) is 48.2 Å². The van der Waals surface area contributed by atoms with E-state index in [1.807, 2.05) is 0 Å². The van der Waals surface area contributed by atoms with E-state index in [1.165, 1.54) is 36.4 Å². The summed E-state index contributed by atoms with van der Waals surface area (Å²) >= 11 is 16.5. The topological polar surface area (TPSA) is 58.2 Å². The second kappa shape index (κ2) is 8.90. The van der Waals surface area contributed by atoms with Gasteiger partial charge in [-0.1, -0.05) is 46.9 Å². The fraction of sp³-hybridized carbons (Fsp3) is 0.125. The lowest BCUT2D eigenvalue weighted by Crippen LogP contribution is -2.34. The lowest BCUT2D eigenvalue weighted by molar-refractivity contribution is 0.0967. The second-order valence-corrected chi connectivity index (χ2v) is 7.60. The molecule has 0 heterocycles. The molecule has 4 nitrogen and oxygen atoms in total. The van der Waals surface area contributed by atoms with Gasteiger partial charge in [0.1, 0.15) is 0 Å². The van der Waals surface area contributed by atoms with Gasteiger partial charge in [0.25, 0.3) is 5.91 Å². The molecular weight excluding hydrogens is 429 g/mol. The lowest BCUT2D eigenvalue weighted by atomic mass is 10.2. The fourth-order valence-electron chi connectivity index (χ4n) is 1.79. The van der Waals surface area contributed by atoms with Crippen LogP contribution in [0.2, 0.25) is 5.02 Å². The van der Waals surface area contributed by atoms with E-state index in [-0.39, 0.29) is 27.2 Å². The lowest BCUT2D eigenvalue weighted by Gasteiger charge is -2.16. The zero-order valence-electron chi connectivity index (χ0n) is 12.8. The minimum atomic E-state index is -3.35. The summed E-state index contributed by atoms with van der Waals surface area (Å²) in [5, 5.41) is 1.39. The van der Waals surface area contributed by atoms with Gasteiger partial charge in [-0.3, -0.25) is 10.1 Å². The molecule has 0 radical (unpaired) electrons. The summed E-state index contributed by atoms with van der Waals surface area (Å²) in [5.74, 6) is -0.671. The highest BCUT2D eigenvalue weighted by Crippen LogP contribution is 2.42. The van der Waals surface area contributed by atoms with E-state index in [9.17, 15) is 18.4 Å². The molecule has 0 aliphatic rings. The molecule has 0 bridgehead atoms. The van der Waals surface area contributed by atoms with E-state index in [0.29, 0.717) is 5.69 Å². The Morgan fingerprint density at radius 1 is 1.04 bits per heavy atom. The van der Waals surface area contributed by atoms with Crippen LogP contribution in [-0.2, 0) is 0 Å². The second-order valence-electron chi connectivity index (χ2n) is 4.88. The van der Waals surface area contributed by atoms with Crippen LogP contribution in [0.5, 0.6) is 0 Å². The Balaban J connectivity index is 1.95. The number of alkyl halides is 4. The number of anilines is 1. The first kappa shape index (κ1) is 20.8. The monoisotopic (exact) mass is 438 g/mol. The van der Waals surface area contributed by atoms with E-state index in [2.05, 4.69) is 10.6 Å². The quantitative estimate of drug-likeness (QED) is 0.458. The normalized spacial score (nSPS) is 11.3. The van der Waals surface area contributed by atoms with Crippen LogP contribution < -0.4 is 10.6 Å². The maximum atomic E-state index is 13.5. The Kier molecular flexibility index (Phi) is 7.11. The first-order valence-electron chi connectivity index (χ1n) is 7.01. The Bertz CT molecular complexity index is 804. The number of benzene rings is 2. The number of nitrogens with one attached hydrogen (secondary N) is 2. The van der Waals surface area contributed by atoms with Crippen LogP contribution in [0.15, 0.2) is 53.4 Å². The average molecular weight is 440 g/mol. The highest BCUT2D eigenvalue weighted by atomic mass is 35.5. The van der Waals surface area contributed by atoms with Crippen molar-refractivity contribution in [3.63, 3.8) is 0 Å². The number of halogens is 5. The largest absolute Gasteiger partial charge is 0.327 e. The predicted octanol–water partition coefficient (Wildman–Crippen LogP) is 5.79. The summed E-state index contributed by atoms with van der Waals surface area (Å²) in [6, 6.07) is 11.0. The Labute approximate surface area is 167 Å². The van der Waals surface area contributed by atoms with Crippen molar-refractivity contribution in [1.82, 2.24) is 5.32 Å². The van der Waals surface area contributed by atoms with Crippen molar-refractivity contribution in [3.8, 4) is 0 Å². The van der Waals surface area contributed by atoms with Crippen molar-refractivity contribution in [2.24, 2.45) is 0 Å². The minimum Gasteiger partial charge on any atom is -0.308 e. The molecule has 10 heteroatoms. The van der Waals surface area contributed by atoms with Crippen molar-refractivity contribution in [2.75, 3.05) is 5.32 Å². The molecule has 0 aliphatic carbocycles. The molecule has 0 atom stereocenters. The van der Waals surface area contributed by atoms with E-state index in [0.717, 1.165) is 0 Å². The number of imide groups is 1. The number of urea groups is 1. The SMILES string of the molecule is O=C(NC(=O)c1ccccc1Cl)Nc1ccc(SC(F)(F)C(Cl)Cl)cc1. The van der Waals surface area contributed by atoms with Crippen LogP contribution in [0.1, 0.15) is 10.4 Å². The van der Waals surface area contributed by atoms with Crippen LogP contribution in [0.4, 0.5) is 19.3 Å². The smallest absolute Gasteiger partial charge is 0.308 e. The molecule has 0 fully saturated rings. The predicted molar refractivity (Wildman–Crippen MR) is 101 cm³/mol. The molecule has 2 aromatic rings. The van der Waals surface area contributed by atoms with Crippen LogP contribution in [0.25, 0.3) is 0 Å². The number of rotatable bonds is 5. The summed E-state index contributed by atoms with van der Waals surface area (Å²) < 4.78 is 26.9. The van der Waals surface area contributed by atoms with Gasteiger partial charge in [0.05, 0.1) is 10.6 Å². The molecular formula is C16H11Cl3F2N2O2S. The molecule has 3 amide bonds. The molecule has 2 aromatic carbocycles. The van der Waals surface area contributed by atoms with Crippen LogP contribution in [0, 0.1) is 0 Å². The molecule has 2 N–H and O–H groups in total. The van der Waals surface area contributed by atoms with E-state index in [4.69, 9.17) is 34.8 Å². The Morgan fingerprint density at radius 2 is 1.65 bits per heavy atom. The zero-order valence-corrected chi connectivity index (χ0v) is 15.9. The summed E-state index contributed by atoms with van der Waals surface area (Å²) in [6.07, 6.45) is 0. The summed E-state index contributed by atoms with van der Waals surface area (Å²) in [4.78, 5) is 22.2. The van der Waals surface area contributed by atoms with Crippen molar-refractivity contribution >= 4 is 64.2 Å². The number of thioether (sulfide) groups is 1. The maximum absolute atomic E-state index is 13.5. The highest BCUT2D eigenvalue weighted by molar-refractivity contribution is 8.00. The molecule has 0 saturated heterocycles. The third kappa shape index (κ3) is 5.74. The Hall–Kier alpha value is -1.54. The number of hydrogen-bond acceptors (Lipinski definition) is 3. The first-order chi connectivity index (χ1) is 12.2. The van der Waals surface area contributed by atoms with Crippen molar-refractivity contribution < 1.29 is 18.4 Å². The van der Waals surface area contributed by atoms with Gasteiger partial charge in [0.2, 0.25) is 0 Å². The third-order valence-electron chi connectivity index (χ3n) is 2.97. The summed E-state index contributed by atoms with van der Waals surface area (Å²) in [6.45, 7) is 0. The Morgan fingerprint density at radius 3 is 2.23 bits per heavy atom. The summed E-state index contributed by atoms with van der Waals surface area (Å²) in [7, 11) is 0. The van der Waals surface area contributed by atoms with Gasteiger partial charge < -0.3 is 5.32 Å². The minimum absolute atomic E-state index is 0.148. The molecule has 0 unspecified atom stereocenters. The first-order valence-corrected chi connectivity index (χ1v) is 9.07. The fourth-order valence-corrected chi connectivity index (χ4v) is 2.95. The van der Waals surface area contributed by atoms with E-state index in [1.54, 1.807) is 12.1 Å². The number of amides is 3. The molecule has 0 aliphatic heterocycles. The van der Waals surface area contributed by atoms with Gasteiger partial charge in [0.15, 0.2) is 4.84 Å². The molecule has 0 saturated carbocycles. The van der Waals surface area contributed by atoms with Crippen LogP contribution in [0.3, 0.4) is 0 Å². The van der Waals surface area contributed by atoms with E-state index >= 15 is 0 Å². The van der Waals surface area contributed by atoms with E-state index < -0.39 is 22.0 Å².